The molecule has 8 heteroatoms. The molecular formula is C17H16F3N3OS. The summed E-state index contributed by atoms with van der Waals surface area (Å²) in [4.78, 5) is 18.9. The number of nitrogens with zero attached hydrogens (tertiary/aromatic N) is 2. The fourth-order valence-corrected chi connectivity index (χ4v) is 3.03. The number of aromatic amines is 1. The number of carbonyl (C=O) groups is 1. The quantitative estimate of drug-likeness (QED) is 0.823. The lowest BCUT2D eigenvalue weighted by molar-refractivity contribution is -0.137. The first kappa shape index (κ1) is 17.5. The van der Waals surface area contributed by atoms with Gasteiger partial charge in [-0.2, -0.15) is 13.2 Å². The highest BCUT2D eigenvalue weighted by Gasteiger charge is 2.31. The zero-order valence-electron chi connectivity index (χ0n) is 13.2. The third-order valence-electron chi connectivity index (χ3n) is 4.15. The number of hydrogen-bond acceptors (Lipinski definition) is 3. The molecule has 0 aliphatic carbocycles. The second-order valence-corrected chi connectivity index (χ2v) is 6.15. The van der Waals surface area contributed by atoms with E-state index in [0.717, 1.165) is 12.1 Å². The molecule has 1 aliphatic heterocycles. The summed E-state index contributed by atoms with van der Waals surface area (Å²) in [5.74, 6) is -0.162. The van der Waals surface area contributed by atoms with E-state index in [1.807, 2.05) is 4.90 Å². The van der Waals surface area contributed by atoms with E-state index in [4.69, 9.17) is 12.2 Å². The Balaban J connectivity index is 1.69. The first-order valence-electron chi connectivity index (χ1n) is 7.75. The van der Waals surface area contributed by atoms with Crippen LogP contribution in [0.4, 0.5) is 18.9 Å². The fraction of sp³-hybridized carbons (Fsp3) is 0.294. The molecule has 25 heavy (non-hydrogen) atoms. The van der Waals surface area contributed by atoms with Gasteiger partial charge in [0.25, 0.3) is 5.91 Å². The van der Waals surface area contributed by atoms with Gasteiger partial charge < -0.3 is 14.8 Å². The normalized spacial score (nSPS) is 15.3. The van der Waals surface area contributed by atoms with Crippen molar-refractivity contribution in [1.82, 2.24) is 9.88 Å². The number of nitrogens with one attached hydrogen (secondary N) is 1. The lowest BCUT2D eigenvalue weighted by atomic mass is 10.1. The molecule has 0 saturated carbocycles. The smallest absolute Gasteiger partial charge is 0.368 e. The van der Waals surface area contributed by atoms with Gasteiger partial charge in [-0.1, -0.05) is 18.3 Å². The summed E-state index contributed by atoms with van der Waals surface area (Å²) in [5.41, 5.74) is 0.281. The molecule has 0 unspecified atom stereocenters. The molecule has 1 amide bonds. The molecule has 1 saturated heterocycles. The zero-order valence-corrected chi connectivity index (χ0v) is 14.0. The number of amides is 1. The van der Waals surface area contributed by atoms with Crippen LogP contribution in [0.2, 0.25) is 0 Å². The summed E-state index contributed by atoms with van der Waals surface area (Å²) < 4.78 is 38.9. The third-order valence-corrected chi connectivity index (χ3v) is 4.49. The largest absolute Gasteiger partial charge is 0.416 e. The molecule has 0 radical (unpaired) electrons. The third kappa shape index (κ3) is 3.84. The predicted octanol–water partition coefficient (Wildman–Crippen LogP) is 3.73. The van der Waals surface area contributed by atoms with Crippen molar-refractivity contribution in [3.8, 4) is 0 Å². The van der Waals surface area contributed by atoms with E-state index in [9.17, 15) is 18.0 Å². The number of pyridine rings is 1. The number of aromatic nitrogens is 1. The van der Waals surface area contributed by atoms with Crippen molar-refractivity contribution in [3.05, 3.63) is 58.4 Å². The summed E-state index contributed by atoms with van der Waals surface area (Å²) >= 11 is 5.13. The van der Waals surface area contributed by atoms with Crippen LogP contribution in [0.15, 0.2) is 42.6 Å². The maximum absolute atomic E-state index is 12.8. The van der Waals surface area contributed by atoms with Gasteiger partial charge in [-0.3, -0.25) is 4.79 Å². The van der Waals surface area contributed by atoms with Crippen LogP contribution in [0.3, 0.4) is 0 Å². The maximum atomic E-state index is 12.8. The van der Waals surface area contributed by atoms with Crippen LogP contribution < -0.4 is 4.90 Å². The van der Waals surface area contributed by atoms with Gasteiger partial charge in [0.05, 0.1) is 11.1 Å². The monoisotopic (exact) mass is 367 g/mol. The van der Waals surface area contributed by atoms with Crippen molar-refractivity contribution < 1.29 is 18.0 Å². The van der Waals surface area contributed by atoms with Gasteiger partial charge >= 0.3 is 6.18 Å². The SMILES string of the molecule is O=C(c1ccc[nH]c1=S)N1CCN(c2cccc(C(F)(F)F)c2)CC1. The molecule has 2 heterocycles. The van der Waals surface area contributed by atoms with Gasteiger partial charge in [0.15, 0.2) is 0 Å². The van der Waals surface area contributed by atoms with Crippen LogP contribution in [0.5, 0.6) is 0 Å². The van der Waals surface area contributed by atoms with Gasteiger partial charge in [0.1, 0.15) is 4.64 Å². The van der Waals surface area contributed by atoms with E-state index in [0.29, 0.717) is 42.1 Å². The van der Waals surface area contributed by atoms with E-state index in [2.05, 4.69) is 4.98 Å². The van der Waals surface area contributed by atoms with Crippen molar-refractivity contribution in [1.29, 1.82) is 0 Å². The number of halogens is 3. The number of piperazine rings is 1. The van der Waals surface area contributed by atoms with Crippen LogP contribution in [-0.2, 0) is 6.18 Å². The van der Waals surface area contributed by atoms with Crippen molar-refractivity contribution >= 4 is 23.8 Å². The van der Waals surface area contributed by atoms with Gasteiger partial charge in [0.2, 0.25) is 0 Å². The molecule has 132 valence electrons. The molecule has 1 aliphatic rings. The van der Waals surface area contributed by atoms with Crippen molar-refractivity contribution in [2.45, 2.75) is 6.18 Å². The number of rotatable bonds is 2. The summed E-state index contributed by atoms with van der Waals surface area (Å²) in [6, 6.07) is 8.63. The first-order valence-corrected chi connectivity index (χ1v) is 8.16. The van der Waals surface area contributed by atoms with E-state index in [1.165, 1.54) is 6.07 Å². The standard InChI is InChI=1S/C17H16F3N3OS/c18-17(19,20)12-3-1-4-13(11-12)22-7-9-23(10-8-22)16(24)14-5-2-6-21-15(14)25/h1-6,11H,7-10H2,(H,21,25). The van der Waals surface area contributed by atoms with Gasteiger partial charge in [-0.25, -0.2) is 0 Å². The second-order valence-electron chi connectivity index (χ2n) is 5.74. The molecule has 1 aromatic carbocycles. The highest BCUT2D eigenvalue weighted by Crippen LogP contribution is 2.31. The van der Waals surface area contributed by atoms with E-state index >= 15 is 0 Å². The maximum Gasteiger partial charge on any atom is 0.416 e. The van der Waals surface area contributed by atoms with E-state index < -0.39 is 11.7 Å². The number of carbonyl (C=O) groups excluding carboxylic acids is 1. The van der Waals surface area contributed by atoms with Crippen molar-refractivity contribution in [2.24, 2.45) is 0 Å². The summed E-state index contributed by atoms with van der Waals surface area (Å²) in [6.45, 7) is 1.80. The molecule has 3 rings (SSSR count). The Kier molecular flexibility index (Phi) is 4.80. The molecule has 0 bridgehead atoms. The van der Waals surface area contributed by atoms with Gasteiger partial charge in [0, 0.05) is 38.1 Å². The Bertz CT molecular complexity index is 826. The Hall–Kier alpha value is -2.35. The second kappa shape index (κ2) is 6.87. The molecule has 0 spiro atoms. The number of hydrogen-bond donors (Lipinski definition) is 1. The van der Waals surface area contributed by atoms with Gasteiger partial charge in [-0.15, -0.1) is 0 Å². The Morgan fingerprint density at radius 3 is 2.44 bits per heavy atom. The Morgan fingerprint density at radius 2 is 1.80 bits per heavy atom. The summed E-state index contributed by atoms with van der Waals surface area (Å²) in [7, 11) is 0. The van der Waals surface area contributed by atoms with Crippen molar-refractivity contribution in [2.75, 3.05) is 31.1 Å². The lowest BCUT2D eigenvalue weighted by Crippen LogP contribution is -2.49. The first-order chi connectivity index (χ1) is 11.9. The van der Waals surface area contributed by atoms with Gasteiger partial charge in [-0.05, 0) is 30.3 Å². The van der Waals surface area contributed by atoms with Crippen LogP contribution >= 0.6 is 12.2 Å². The number of anilines is 1. The molecule has 4 nitrogen and oxygen atoms in total. The molecule has 1 fully saturated rings. The molecular weight excluding hydrogens is 351 g/mol. The number of benzene rings is 1. The minimum absolute atomic E-state index is 0.162. The molecule has 0 atom stereocenters. The fourth-order valence-electron chi connectivity index (χ4n) is 2.81. The highest BCUT2D eigenvalue weighted by molar-refractivity contribution is 7.71. The molecule has 1 N–H and O–H groups in total. The summed E-state index contributed by atoms with van der Waals surface area (Å²) in [5, 5.41) is 0. The predicted molar refractivity (Wildman–Crippen MR) is 91.2 cm³/mol. The zero-order chi connectivity index (χ0) is 18.0. The minimum Gasteiger partial charge on any atom is -0.368 e. The van der Waals surface area contributed by atoms with E-state index in [1.54, 1.807) is 29.3 Å². The molecule has 1 aromatic heterocycles. The topological polar surface area (TPSA) is 39.3 Å². The Morgan fingerprint density at radius 1 is 1.08 bits per heavy atom. The average Bonchev–Trinajstić information content (AvgIpc) is 2.61. The van der Waals surface area contributed by atoms with Crippen LogP contribution in [0.25, 0.3) is 0 Å². The van der Waals surface area contributed by atoms with Crippen molar-refractivity contribution in [3.63, 3.8) is 0 Å². The average molecular weight is 367 g/mol. The van der Waals surface area contributed by atoms with Crippen LogP contribution in [-0.4, -0.2) is 42.0 Å². The highest BCUT2D eigenvalue weighted by atomic mass is 32.1. The minimum atomic E-state index is -4.36. The Labute approximate surface area is 147 Å². The number of alkyl halides is 3. The molecule has 2 aromatic rings. The van der Waals surface area contributed by atoms with Crippen LogP contribution in [0, 0.1) is 4.64 Å². The lowest BCUT2D eigenvalue weighted by Gasteiger charge is -2.36. The van der Waals surface area contributed by atoms with Crippen LogP contribution in [0.1, 0.15) is 15.9 Å². The van der Waals surface area contributed by atoms with E-state index in [-0.39, 0.29) is 5.91 Å². The number of H-pyrrole nitrogens is 1. The summed E-state index contributed by atoms with van der Waals surface area (Å²) in [6.07, 6.45) is -2.71.